The van der Waals surface area contributed by atoms with Gasteiger partial charge in [0.15, 0.2) is 0 Å². The van der Waals surface area contributed by atoms with E-state index in [0.717, 1.165) is 30.7 Å². The Labute approximate surface area is 181 Å². The first-order valence-electron chi connectivity index (χ1n) is 11.4. The van der Waals surface area contributed by atoms with E-state index in [1.807, 2.05) is 24.3 Å². The van der Waals surface area contributed by atoms with Crippen LogP contribution in [-0.2, 0) is 0 Å². The van der Waals surface area contributed by atoms with E-state index in [0.29, 0.717) is 28.7 Å². The third-order valence-corrected chi connectivity index (χ3v) is 6.52. The minimum atomic E-state index is -0.415. The van der Waals surface area contributed by atoms with Crippen LogP contribution >= 0.6 is 0 Å². The van der Waals surface area contributed by atoms with Gasteiger partial charge in [-0.3, -0.25) is 0 Å². The number of nitriles is 1. The van der Waals surface area contributed by atoms with Gasteiger partial charge < -0.3 is 4.74 Å². The number of carbonyl (C=O) groups is 1. The van der Waals surface area contributed by atoms with Crippen LogP contribution < -0.4 is 4.74 Å². The number of benzene rings is 2. The van der Waals surface area contributed by atoms with Crippen molar-refractivity contribution in [3.63, 3.8) is 0 Å². The summed E-state index contributed by atoms with van der Waals surface area (Å²) in [7, 11) is 0. The van der Waals surface area contributed by atoms with Gasteiger partial charge in [0.05, 0.1) is 11.1 Å². The highest BCUT2D eigenvalue weighted by Crippen LogP contribution is 2.35. The van der Waals surface area contributed by atoms with Crippen LogP contribution in [0.15, 0.2) is 42.5 Å². The first-order chi connectivity index (χ1) is 14.5. The Morgan fingerprint density at radius 3 is 2.47 bits per heavy atom. The lowest BCUT2D eigenvalue weighted by Gasteiger charge is -2.26. The molecule has 3 heteroatoms. The third-order valence-electron chi connectivity index (χ3n) is 6.52. The Balaban J connectivity index is 1.67. The number of unbranched alkanes of at least 4 members (excludes halogenated alkanes) is 1. The Morgan fingerprint density at radius 1 is 1.13 bits per heavy atom. The summed E-state index contributed by atoms with van der Waals surface area (Å²) in [4.78, 5) is 12.6. The summed E-state index contributed by atoms with van der Waals surface area (Å²) in [6, 6.07) is 15.6. The van der Waals surface area contributed by atoms with Crippen LogP contribution in [0.3, 0.4) is 0 Å². The Hall–Kier alpha value is -2.60. The van der Waals surface area contributed by atoms with Crippen molar-refractivity contribution in [3.05, 3.63) is 64.7 Å². The number of rotatable bonds is 7. The third kappa shape index (κ3) is 5.51. The lowest BCUT2D eigenvalue weighted by Crippen LogP contribution is -2.12. The van der Waals surface area contributed by atoms with Crippen LogP contribution in [0.25, 0.3) is 0 Å². The number of hydrogen-bond acceptors (Lipinski definition) is 3. The molecule has 1 unspecified atom stereocenters. The van der Waals surface area contributed by atoms with Gasteiger partial charge in [-0.25, -0.2) is 4.79 Å². The summed E-state index contributed by atoms with van der Waals surface area (Å²) in [6.45, 7) is 6.67. The lowest BCUT2D eigenvalue weighted by molar-refractivity contribution is 0.0734. The van der Waals surface area contributed by atoms with Crippen molar-refractivity contribution in [2.45, 2.75) is 77.6 Å². The predicted octanol–water partition coefficient (Wildman–Crippen LogP) is 7.36. The second-order valence-electron chi connectivity index (χ2n) is 8.88. The zero-order valence-corrected chi connectivity index (χ0v) is 18.5. The highest BCUT2D eigenvalue weighted by atomic mass is 16.5. The van der Waals surface area contributed by atoms with Crippen molar-refractivity contribution >= 4 is 5.97 Å². The van der Waals surface area contributed by atoms with Crippen LogP contribution in [0.1, 0.15) is 105 Å². The standard InChI is InChI=1S/C27H33NO2/c1-4-5-6-20(3)24-15-16-26(25(17-24)18-28)30-27(29)23-13-11-22(12-14-23)21-9-7-19(2)8-10-21/h11-17,19-21H,4-10H2,1-3H3. The molecule has 0 N–H and O–H groups in total. The molecule has 1 aliphatic rings. The normalized spacial score (nSPS) is 19.7. The van der Waals surface area contributed by atoms with E-state index >= 15 is 0 Å². The van der Waals surface area contributed by atoms with E-state index in [-0.39, 0.29) is 0 Å². The lowest BCUT2D eigenvalue weighted by atomic mass is 9.79. The van der Waals surface area contributed by atoms with Crippen molar-refractivity contribution in [3.8, 4) is 11.8 Å². The largest absolute Gasteiger partial charge is 0.422 e. The zero-order valence-electron chi connectivity index (χ0n) is 18.5. The van der Waals surface area contributed by atoms with Crippen molar-refractivity contribution < 1.29 is 9.53 Å². The summed E-state index contributed by atoms with van der Waals surface area (Å²) in [5.74, 6) is 1.73. The molecule has 1 saturated carbocycles. The van der Waals surface area contributed by atoms with E-state index in [1.54, 1.807) is 6.07 Å². The molecule has 2 aromatic rings. The SMILES string of the molecule is CCCCC(C)c1ccc(OC(=O)c2ccc(C3CCC(C)CC3)cc2)c(C#N)c1. The van der Waals surface area contributed by atoms with Gasteiger partial charge in [0.1, 0.15) is 11.8 Å². The van der Waals surface area contributed by atoms with Gasteiger partial charge in [-0.2, -0.15) is 5.26 Å². The van der Waals surface area contributed by atoms with Gasteiger partial charge in [-0.1, -0.05) is 64.7 Å². The van der Waals surface area contributed by atoms with Gasteiger partial charge in [-0.15, -0.1) is 0 Å². The first-order valence-corrected chi connectivity index (χ1v) is 11.4. The smallest absolute Gasteiger partial charge is 0.343 e. The number of ether oxygens (including phenoxy) is 1. The number of carbonyl (C=O) groups excluding carboxylic acids is 1. The monoisotopic (exact) mass is 403 g/mol. The van der Waals surface area contributed by atoms with Crippen LogP contribution in [0.2, 0.25) is 0 Å². The number of nitrogens with zero attached hydrogens (tertiary/aromatic N) is 1. The van der Waals surface area contributed by atoms with Crippen molar-refractivity contribution in [2.75, 3.05) is 0 Å². The maximum atomic E-state index is 12.6. The van der Waals surface area contributed by atoms with Gasteiger partial charge >= 0.3 is 5.97 Å². The van der Waals surface area contributed by atoms with E-state index in [4.69, 9.17) is 4.74 Å². The second-order valence-corrected chi connectivity index (χ2v) is 8.88. The zero-order chi connectivity index (χ0) is 21.5. The molecule has 0 saturated heterocycles. The second kappa shape index (κ2) is 10.4. The molecule has 0 bridgehead atoms. The van der Waals surface area contributed by atoms with Crippen LogP contribution in [0, 0.1) is 17.2 Å². The molecule has 0 radical (unpaired) electrons. The van der Waals surface area contributed by atoms with Crippen molar-refractivity contribution in [1.82, 2.24) is 0 Å². The van der Waals surface area contributed by atoms with E-state index in [2.05, 4.69) is 39.0 Å². The highest BCUT2D eigenvalue weighted by molar-refractivity contribution is 5.91. The molecule has 0 amide bonds. The molecule has 2 aromatic carbocycles. The molecule has 3 rings (SSSR count). The topological polar surface area (TPSA) is 50.1 Å². The average molecular weight is 404 g/mol. The quantitative estimate of drug-likeness (QED) is 0.358. The molecule has 1 aliphatic carbocycles. The fourth-order valence-electron chi connectivity index (χ4n) is 4.35. The summed E-state index contributed by atoms with van der Waals surface area (Å²) >= 11 is 0. The summed E-state index contributed by atoms with van der Waals surface area (Å²) < 4.78 is 5.58. The van der Waals surface area contributed by atoms with Crippen LogP contribution in [0.5, 0.6) is 5.75 Å². The maximum Gasteiger partial charge on any atom is 0.343 e. The molecule has 1 fully saturated rings. The van der Waals surface area contributed by atoms with Crippen LogP contribution in [0.4, 0.5) is 0 Å². The highest BCUT2D eigenvalue weighted by Gasteiger charge is 2.20. The molecule has 3 nitrogen and oxygen atoms in total. The summed E-state index contributed by atoms with van der Waals surface area (Å²) in [5, 5.41) is 9.54. The van der Waals surface area contributed by atoms with E-state index < -0.39 is 5.97 Å². The van der Waals surface area contributed by atoms with Gasteiger partial charge in [-0.05, 0) is 72.4 Å². The Kier molecular flexibility index (Phi) is 7.69. The predicted molar refractivity (Wildman–Crippen MR) is 121 cm³/mol. The number of esters is 1. The first kappa shape index (κ1) is 22.1. The molecule has 0 aromatic heterocycles. The molecule has 1 atom stereocenters. The Bertz CT molecular complexity index is 886. The van der Waals surface area contributed by atoms with Gasteiger partial charge in [0.25, 0.3) is 0 Å². The minimum absolute atomic E-state index is 0.333. The molecule has 0 spiro atoms. The molecular formula is C27H33NO2. The summed E-state index contributed by atoms with van der Waals surface area (Å²) in [6.07, 6.45) is 8.40. The average Bonchev–Trinajstić information content (AvgIpc) is 2.78. The van der Waals surface area contributed by atoms with Gasteiger partial charge in [0.2, 0.25) is 0 Å². The van der Waals surface area contributed by atoms with E-state index in [9.17, 15) is 10.1 Å². The molecule has 30 heavy (non-hydrogen) atoms. The number of hydrogen-bond donors (Lipinski definition) is 0. The molecular weight excluding hydrogens is 370 g/mol. The molecule has 158 valence electrons. The van der Waals surface area contributed by atoms with Gasteiger partial charge in [0, 0.05) is 0 Å². The maximum absolute atomic E-state index is 12.6. The fraction of sp³-hybridized carbons (Fsp3) is 0.481. The Morgan fingerprint density at radius 2 is 1.83 bits per heavy atom. The van der Waals surface area contributed by atoms with E-state index in [1.165, 1.54) is 31.2 Å². The minimum Gasteiger partial charge on any atom is -0.422 e. The van der Waals surface area contributed by atoms with Crippen molar-refractivity contribution in [2.24, 2.45) is 5.92 Å². The fourth-order valence-corrected chi connectivity index (χ4v) is 4.35. The van der Waals surface area contributed by atoms with Crippen LogP contribution in [-0.4, -0.2) is 5.97 Å². The molecule has 0 aliphatic heterocycles. The molecule has 0 heterocycles. The summed E-state index contributed by atoms with van der Waals surface area (Å²) in [5.41, 5.74) is 3.36. The van der Waals surface area contributed by atoms with Crippen molar-refractivity contribution in [1.29, 1.82) is 5.26 Å².